The second-order valence-electron chi connectivity index (χ2n) is 8.89. The van der Waals surface area contributed by atoms with Crippen LogP contribution in [-0.4, -0.2) is 54.7 Å². The third-order valence-electron chi connectivity index (χ3n) is 5.77. The number of thioether (sulfide) groups is 1. The van der Waals surface area contributed by atoms with Gasteiger partial charge in [0, 0.05) is 11.4 Å². The first-order chi connectivity index (χ1) is 19.7. The number of nitrogens with zero attached hydrogens (tertiary/aromatic N) is 1. The molecule has 1 aliphatic heterocycles. The molecule has 0 aliphatic carbocycles. The second-order valence-corrected chi connectivity index (χ2v) is 9.88. The molecule has 11 heteroatoms. The number of methoxy groups -OCH3 is 1. The molecule has 0 bridgehead atoms. The maximum Gasteiger partial charge on any atom is 0.294 e. The van der Waals surface area contributed by atoms with E-state index in [1.54, 1.807) is 48.5 Å². The average molecular weight is 576 g/mol. The number of ether oxygens (including phenoxy) is 3. The zero-order valence-corrected chi connectivity index (χ0v) is 23.6. The van der Waals surface area contributed by atoms with Crippen molar-refractivity contribution >= 4 is 52.2 Å². The minimum absolute atomic E-state index is 0.164. The Bertz CT molecular complexity index is 1490. The number of benzene rings is 3. The number of hydrogen-bond donors (Lipinski definition) is 2. The summed E-state index contributed by atoms with van der Waals surface area (Å²) in [6.07, 6.45) is 1.53. The first-order valence-electron chi connectivity index (χ1n) is 12.7. The molecule has 1 saturated heterocycles. The molecule has 3 aromatic rings. The Kier molecular flexibility index (Phi) is 9.64. The maximum absolute atomic E-state index is 12.9. The van der Waals surface area contributed by atoms with E-state index in [0.717, 1.165) is 22.2 Å². The Morgan fingerprint density at radius 1 is 0.902 bits per heavy atom. The molecule has 10 nitrogen and oxygen atoms in total. The highest BCUT2D eigenvalue weighted by atomic mass is 32.2. The number of amides is 4. The molecule has 0 spiro atoms. The highest BCUT2D eigenvalue weighted by Crippen LogP contribution is 2.34. The van der Waals surface area contributed by atoms with Crippen molar-refractivity contribution in [2.45, 2.75) is 13.8 Å². The molecule has 0 unspecified atom stereocenters. The smallest absolute Gasteiger partial charge is 0.294 e. The van der Waals surface area contributed by atoms with Gasteiger partial charge >= 0.3 is 0 Å². The van der Waals surface area contributed by atoms with E-state index >= 15 is 0 Å². The average Bonchev–Trinajstić information content (AvgIpc) is 3.20. The molecule has 0 saturated carbocycles. The summed E-state index contributed by atoms with van der Waals surface area (Å²) >= 11 is 0.743. The van der Waals surface area contributed by atoms with E-state index in [-0.39, 0.29) is 17.4 Å². The molecule has 4 amide bonds. The fraction of sp³-hybridized carbons (Fsp3) is 0.200. The number of nitrogens with one attached hydrogen (secondary N) is 2. The monoisotopic (exact) mass is 575 g/mol. The Labute approximate surface area is 241 Å². The predicted molar refractivity (Wildman–Crippen MR) is 157 cm³/mol. The molecule has 1 fully saturated rings. The lowest BCUT2D eigenvalue weighted by molar-refractivity contribution is -0.127. The van der Waals surface area contributed by atoms with Crippen molar-refractivity contribution in [3.05, 3.63) is 82.8 Å². The molecule has 0 atom stereocenters. The van der Waals surface area contributed by atoms with Gasteiger partial charge in [-0.1, -0.05) is 18.2 Å². The van der Waals surface area contributed by atoms with Crippen LogP contribution in [0.15, 0.2) is 71.6 Å². The number of rotatable bonds is 11. The fourth-order valence-electron chi connectivity index (χ4n) is 3.89. The highest BCUT2D eigenvalue weighted by molar-refractivity contribution is 8.18. The van der Waals surface area contributed by atoms with Crippen LogP contribution in [0.25, 0.3) is 6.08 Å². The van der Waals surface area contributed by atoms with Gasteiger partial charge in [-0.25, -0.2) is 0 Å². The van der Waals surface area contributed by atoms with E-state index in [1.807, 2.05) is 32.0 Å². The number of imide groups is 1. The molecular weight excluding hydrogens is 546 g/mol. The zero-order chi connectivity index (χ0) is 29.4. The van der Waals surface area contributed by atoms with Crippen LogP contribution < -0.4 is 24.8 Å². The summed E-state index contributed by atoms with van der Waals surface area (Å²) in [4.78, 5) is 51.3. The standard InChI is InChI=1S/C30H29N3O7S/c1-4-39-23-11-9-21(10-12-23)31-27(34)17-33-29(36)26(41-30(33)37)16-20-8-13-24(25(15-20)38-3)40-18-28(35)32-22-7-5-6-19(2)14-22/h5-16H,4,17-18H2,1-3H3,(H,31,34)(H,32,35)/b26-16+. The minimum atomic E-state index is -0.575. The molecule has 1 aliphatic rings. The lowest BCUT2D eigenvalue weighted by atomic mass is 10.2. The summed E-state index contributed by atoms with van der Waals surface area (Å²) in [6.45, 7) is 3.67. The van der Waals surface area contributed by atoms with Crippen LogP contribution in [0.1, 0.15) is 18.1 Å². The van der Waals surface area contributed by atoms with Gasteiger partial charge in [-0.2, -0.15) is 0 Å². The van der Waals surface area contributed by atoms with Crippen LogP contribution in [0.3, 0.4) is 0 Å². The van der Waals surface area contributed by atoms with Crippen molar-refractivity contribution in [3.63, 3.8) is 0 Å². The Morgan fingerprint density at radius 3 is 2.37 bits per heavy atom. The number of carbonyl (C=O) groups is 4. The lowest BCUT2D eigenvalue weighted by Gasteiger charge is -2.13. The predicted octanol–water partition coefficient (Wildman–Crippen LogP) is 5.09. The van der Waals surface area contributed by atoms with Gasteiger partial charge in [-0.3, -0.25) is 24.1 Å². The highest BCUT2D eigenvalue weighted by Gasteiger charge is 2.36. The van der Waals surface area contributed by atoms with E-state index in [4.69, 9.17) is 14.2 Å². The van der Waals surface area contributed by atoms with E-state index < -0.39 is 23.6 Å². The van der Waals surface area contributed by atoms with Gasteiger partial charge in [0.1, 0.15) is 12.3 Å². The van der Waals surface area contributed by atoms with Gasteiger partial charge in [-0.05, 0) is 91.3 Å². The second kappa shape index (κ2) is 13.5. The molecule has 0 radical (unpaired) electrons. The number of anilines is 2. The summed E-state index contributed by atoms with van der Waals surface area (Å²) in [5.41, 5.74) is 2.78. The Balaban J connectivity index is 1.36. The van der Waals surface area contributed by atoms with Crippen LogP contribution >= 0.6 is 11.8 Å². The minimum Gasteiger partial charge on any atom is -0.494 e. The lowest BCUT2D eigenvalue weighted by Crippen LogP contribution is -2.36. The molecule has 0 aromatic heterocycles. The third kappa shape index (κ3) is 7.89. The zero-order valence-electron chi connectivity index (χ0n) is 22.8. The number of aryl methyl sites for hydroxylation is 1. The van der Waals surface area contributed by atoms with Crippen LogP contribution in [-0.2, 0) is 14.4 Å². The molecule has 41 heavy (non-hydrogen) atoms. The molecular formula is C30H29N3O7S. The van der Waals surface area contributed by atoms with Crippen LogP contribution in [0.2, 0.25) is 0 Å². The van der Waals surface area contributed by atoms with Crippen LogP contribution in [0.4, 0.5) is 16.2 Å². The normalized spacial score (nSPS) is 13.7. The van der Waals surface area contributed by atoms with E-state index in [2.05, 4.69) is 10.6 Å². The first kappa shape index (κ1) is 29.2. The quantitative estimate of drug-likeness (QED) is 0.303. The largest absolute Gasteiger partial charge is 0.494 e. The molecule has 1 heterocycles. The molecule has 2 N–H and O–H groups in total. The van der Waals surface area contributed by atoms with Crippen molar-refractivity contribution in [1.82, 2.24) is 4.90 Å². The Hall–Kier alpha value is -4.77. The van der Waals surface area contributed by atoms with Gasteiger partial charge < -0.3 is 24.8 Å². The summed E-state index contributed by atoms with van der Waals surface area (Å²) in [6, 6.07) is 19.1. The topological polar surface area (TPSA) is 123 Å². The van der Waals surface area contributed by atoms with Gasteiger partial charge in [0.25, 0.3) is 17.1 Å². The summed E-state index contributed by atoms with van der Waals surface area (Å²) in [5, 5.41) is 4.90. The molecule has 4 rings (SSSR count). The van der Waals surface area contributed by atoms with Crippen molar-refractivity contribution in [3.8, 4) is 17.2 Å². The van der Waals surface area contributed by atoms with E-state index in [0.29, 0.717) is 40.8 Å². The number of carbonyl (C=O) groups excluding carboxylic acids is 4. The van der Waals surface area contributed by atoms with E-state index in [9.17, 15) is 19.2 Å². The Morgan fingerprint density at radius 2 is 1.66 bits per heavy atom. The molecule has 3 aromatic carbocycles. The van der Waals surface area contributed by atoms with Gasteiger partial charge in [0.15, 0.2) is 18.1 Å². The van der Waals surface area contributed by atoms with Gasteiger partial charge in [0.2, 0.25) is 5.91 Å². The van der Waals surface area contributed by atoms with E-state index in [1.165, 1.54) is 13.2 Å². The van der Waals surface area contributed by atoms with Gasteiger partial charge in [-0.15, -0.1) is 0 Å². The van der Waals surface area contributed by atoms with Gasteiger partial charge in [0.05, 0.1) is 18.6 Å². The summed E-state index contributed by atoms with van der Waals surface area (Å²) < 4.78 is 16.4. The summed E-state index contributed by atoms with van der Waals surface area (Å²) in [5.74, 6) is -0.0659. The van der Waals surface area contributed by atoms with Crippen LogP contribution in [0, 0.1) is 6.92 Å². The third-order valence-corrected chi connectivity index (χ3v) is 6.68. The number of hydrogen-bond acceptors (Lipinski definition) is 8. The van der Waals surface area contributed by atoms with Crippen molar-refractivity contribution < 1.29 is 33.4 Å². The fourth-order valence-corrected chi connectivity index (χ4v) is 4.73. The van der Waals surface area contributed by atoms with Crippen LogP contribution in [0.5, 0.6) is 17.2 Å². The first-order valence-corrected chi connectivity index (χ1v) is 13.5. The summed E-state index contributed by atoms with van der Waals surface area (Å²) in [7, 11) is 1.45. The molecule has 212 valence electrons. The van der Waals surface area contributed by atoms with Crippen molar-refractivity contribution in [2.24, 2.45) is 0 Å². The van der Waals surface area contributed by atoms with Crippen molar-refractivity contribution in [1.29, 1.82) is 0 Å². The SMILES string of the molecule is CCOc1ccc(NC(=O)CN2C(=O)S/C(=C/c3ccc(OCC(=O)Nc4cccc(C)c4)c(OC)c3)C2=O)cc1. The van der Waals surface area contributed by atoms with Crippen molar-refractivity contribution in [2.75, 3.05) is 37.5 Å². The maximum atomic E-state index is 12.9.